The Morgan fingerprint density at radius 3 is 3.00 bits per heavy atom. The summed E-state index contributed by atoms with van der Waals surface area (Å²) in [6, 6.07) is 4.71. The van der Waals surface area contributed by atoms with Crippen LogP contribution in [-0.4, -0.2) is 29.4 Å². The number of nitro groups is 1. The largest absolute Gasteiger partial charge is 0.311 e. The Labute approximate surface area is 103 Å². The Balaban J connectivity index is 2.32. The minimum Gasteiger partial charge on any atom is -0.311 e. The van der Waals surface area contributed by atoms with E-state index in [4.69, 9.17) is 0 Å². The van der Waals surface area contributed by atoms with Crippen molar-refractivity contribution < 1.29 is 9.72 Å². The summed E-state index contributed by atoms with van der Waals surface area (Å²) in [4.78, 5) is 23.7. The van der Waals surface area contributed by atoms with E-state index in [0.29, 0.717) is 18.0 Å². The van der Waals surface area contributed by atoms with Crippen LogP contribution in [0.15, 0.2) is 18.2 Å². The number of carbonyl (C=O) groups excluding carboxylic acids is 1. The second kappa shape index (κ2) is 4.75. The van der Waals surface area contributed by atoms with Crippen molar-refractivity contribution in [3.63, 3.8) is 0 Å². The van der Waals surface area contributed by atoms with Gasteiger partial charge in [0.05, 0.1) is 16.4 Å². The molecule has 17 heavy (non-hydrogen) atoms. The van der Waals surface area contributed by atoms with Gasteiger partial charge in [-0.3, -0.25) is 14.9 Å². The molecule has 0 fully saturated rings. The van der Waals surface area contributed by atoms with Gasteiger partial charge in [-0.25, -0.2) is 0 Å². The van der Waals surface area contributed by atoms with Crippen molar-refractivity contribution in [2.24, 2.45) is 0 Å². The Bertz CT molecular complexity index is 476. The lowest BCUT2D eigenvalue weighted by molar-refractivity contribution is -0.384. The van der Waals surface area contributed by atoms with E-state index < -0.39 is 4.92 Å². The number of hydrogen-bond acceptors (Lipinski definition) is 4. The quantitative estimate of drug-likeness (QED) is 0.608. The number of anilines is 1. The molecule has 0 radical (unpaired) electrons. The van der Waals surface area contributed by atoms with Gasteiger partial charge in [0.1, 0.15) is 0 Å². The first-order valence-corrected chi connectivity index (χ1v) is 6.59. The van der Waals surface area contributed by atoms with Crippen molar-refractivity contribution in [1.82, 2.24) is 0 Å². The van der Waals surface area contributed by atoms with Gasteiger partial charge >= 0.3 is 0 Å². The molecule has 0 aliphatic carbocycles. The SMILES string of the molecule is CSCC(=O)N1CCc2ccc([N+](=O)[O-])cc21. The van der Waals surface area contributed by atoms with Crippen LogP contribution in [0.1, 0.15) is 5.56 Å². The summed E-state index contributed by atoms with van der Waals surface area (Å²) in [5.74, 6) is 0.416. The molecule has 1 heterocycles. The second-order valence-electron chi connectivity index (χ2n) is 3.80. The number of hydrogen-bond donors (Lipinski definition) is 0. The minimum absolute atomic E-state index is 0.0109. The molecule has 0 atom stereocenters. The van der Waals surface area contributed by atoms with Crippen LogP contribution in [0, 0.1) is 10.1 Å². The lowest BCUT2D eigenvalue weighted by Gasteiger charge is -2.16. The number of carbonyl (C=O) groups is 1. The molecule has 0 aromatic heterocycles. The molecule has 1 aliphatic rings. The monoisotopic (exact) mass is 252 g/mol. The Morgan fingerprint density at radius 2 is 2.35 bits per heavy atom. The van der Waals surface area contributed by atoms with E-state index >= 15 is 0 Å². The Morgan fingerprint density at radius 1 is 1.59 bits per heavy atom. The summed E-state index contributed by atoms with van der Waals surface area (Å²) in [5, 5.41) is 10.7. The second-order valence-corrected chi connectivity index (χ2v) is 4.66. The molecule has 0 bridgehead atoms. The highest BCUT2D eigenvalue weighted by Crippen LogP contribution is 2.31. The fourth-order valence-electron chi connectivity index (χ4n) is 1.94. The Kier molecular flexibility index (Phi) is 3.33. The number of nitro benzene ring substituents is 1. The highest BCUT2D eigenvalue weighted by molar-refractivity contribution is 7.99. The fourth-order valence-corrected chi connectivity index (χ4v) is 2.34. The molecule has 0 spiro atoms. The maximum absolute atomic E-state index is 11.8. The molecular weight excluding hydrogens is 240 g/mol. The number of rotatable bonds is 3. The highest BCUT2D eigenvalue weighted by atomic mass is 32.2. The smallest absolute Gasteiger partial charge is 0.271 e. The van der Waals surface area contributed by atoms with Crippen molar-refractivity contribution in [2.45, 2.75) is 6.42 Å². The number of fused-ring (bicyclic) bond motifs is 1. The molecule has 0 saturated carbocycles. The minimum atomic E-state index is -0.435. The van der Waals surface area contributed by atoms with Crippen molar-refractivity contribution >= 4 is 29.0 Å². The van der Waals surface area contributed by atoms with Gasteiger partial charge in [0.15, 0.2) is 0 Å². The van der Waals surface area contributed by atoms with Crippen LogP contribution in [0.25, 0.3) is 0 Å². The number of nitrogens with zero attached hydrogens (tertiary/aromatic N) is 2. The first-order valence-electron chi connectivity index (χ1n) is 5.20. The predicted octanol–water partition coefficient (Wildman–Crippen LogP) is 1.85. The van der Waals surface area contributed by atoms with E-state index in [-0.39, 0.29) is 11.6 Å². The summed E-state index contributed by atoms with van der Waals surface area (Å²) >= 11 is 1.46. The van der Waals surface area contributed by atoms with Gasteiger partial charge in [-0.1, -0.05) is 6.07 Å². The standard InChI is InChI=1S/C11H12N2O3S/c1-17-7-11(14)12-5-4-8-2-3-9(13(15)16)6-10(8)12/h2-3,6H,4-5,7H2,1H3. The van der Waals surface area contributed by atoms with E-state index in [0.717, 1.165) is 12.0 Å². The molecule has 0 N–H and O–H groups in total. The van der Waals surface area contributed by atoms with Crippen LogP contribution in [-0.2, 0) is 11.2 Å². The molecule has 0 saturated heterocycles. The van der Waals surface area contributed by atoms with Crippen molar-refractivity contribution in [2.75, 3.05) is 23.5 Å². The van der Waals surface area contributed by atoms with Gasteiger partial charge in [-0.2, -0.15) is 11.8 Å². The predicted molar refractivity (Wildman–Crippen MR) is 67.5 cm³/mol. The van der Waals surface area contributed by atoms with E-state index in [1.165, 1.54) is 23.9 Å². The molecular formula is C11H12N2O3S. The normalized spacial score (nSPS) is 13.6. The van der Waals surface area contributed by atoms with Gasteiger partial charge in [0.2, 0.25) is 5.91 Å². The topological polar surface area (TPSA) is 63.5 Å². The van der Waals surface area contributed by atoms with E-state index in [1.807, 2.05) is 6.26 Å². The number of non-ortho nitro benzene ring substituents is 1. The average molecular weight is 252 g/mol. The molecule has 6 heteroatoms. The molecule has 1 aromatic carbocycles. The lowest BCUT2D eigenvalue weighted by Crippen LogP contribution is -2.30. The maximum atomic E-state index is 11.8. The zero-order chi connectivity index (χ0) is 12.4. The third-order valence-electron chi connectivity index (χ3n) is 2.74. The van der Waals surface area contributed by atoms with E-state index in [1.54, 1.807) is 11.0 Å². The van der Waals surface area contributed by atoms with E-state index in [2.05, 4.69) is 0 Å². The molecule has 1 aliphatic heterocycles. The maximum Gasteiger partial charge on any atom is 0.271 e. The number of amides is 1. The van der Waals surface area contributed by atoms with Gasteiger partial charge in [-0.15, -0.1) is 0 Å². The third-order valence-corrected chi connectivity index (χ3v) is 3.28. The summed E-state index contributed by atoms with van der Waals surface area (Å²) in [7, 11) is 0. The fraction of sp³-hybridized carbons (Fsp3) is 0.364. The first-order chi connectivity index (χ1) is 8.13. The van der Waals surface area contributed by atoms with Crippen molar-refractivity contribution in [3.05, 3.63) is 33.9 Å². The van der Waals surface area contributed by atoms with Crippen LogP contribution >= 0.6 is 11.8 Å². The molecule has 1 amide bonds. The van der Waals surface area contributed by atoms with Crippen LogP contribution in [0.3, 0.4) is 0 Å². The van der Waals surface area contributed by atoms with Crippen LogP contribution in [0.2, 0.25) is 0 Å². The summed E-state index contributed by atoms with van der Waals surface area (Å²) < 4.78 is 0. The van der Waals surface area contributed by atoms with Gasteiger partial charge < -0.3 is 4.90 Å². The van der Waals surface area contributed by atoms with Crippen LogP contribution in [0.5, 0.6) is 0 Å². The molecule has 2 rings (SSSR count). The molecule has 5 nitrogen and oxygen atoms in total. The molecule has 1 aromatic rings. The molecule has 90 valence electrons. The average Bonchev–Trinajstić information content (AvgIpc) is 2.71. The van der Waals surface area contributed by atoms with Gasteiger partial charge in [-0.05, 0) is 18.2 Å². The zero-order valence-electron chi connectivity index (χ0n) is 9.38. The molecule has 0 unspecified atom stereocenters. The summed E-state index contributed by atoms with van der Waals surface area (Å²) in [6.07, 6.45) is 2.63. The third kappa shape index (κ3) is 2.26. The summed E-state index contributed by atoms with van der Waals surface area (Å²) in [6.45, 7) is 0.621. The number of thioether (sulfide) groups is 1. The number of benzene rings is 1. The van der Waals surface area contributed by atoms with Gasteiger partial charge in [0, 0.05) is 18.7 Å². The zero-order valence-corrected chi connectivity index (χ0v) is 10.2. The van der Waals surface area contributed by atoms with E-state index in [9.17, 15) is 14.9 Å². The first kappa shape index (κ1) is 11.9. The van der Waals surface area contributed by atoms with Crippen molar-refractivity contribution in [1.29, 1.82) is 0 Å². The highest BCUT2D eigenvalue weighted by Gasteiger charge is 2.26. The van der Waals surface area contributed by atoms with Crippen LogP contribution < -0.4 is 4.90 Å². The van der Waals surface area contributed by atoms with Gasteiger partial charge in [0.25, 0.3) is 5.69 Å². The van der Waals surface area contributed by atoms with Crippen molar-refractivity contribution in [3.8, 4) is 0 Å². The Hall–Kier alpha value is -1.56. The lowest BCUT2D eigenvalue weighted by atomic mass is 10.1. The van der Waals surface area contributed by atoms with Crippen LogP contribution in [0.4, 0.5) is 11.4 Å². The summed E-state index contributed by atoms with van der Waals surface area (Å²) in [5.41, 5.74) is 1.73.